The predicted molar refractivity (Wildman–Crippen MR) is 69.5 cm³/mol. The molecule has 8 heteroatoms. The number of nitrogens with one attached hydrogen (secondary N) is 1. The van der Waals surface area contributed by atoms with Gasteiger partial charge in [0.1, 0.15) is 0 Å². The smallest absolute Gasteiger partial charge is 0.314 e. The van der Waals surface area contributed by atoms with E-state index < -0.39 is 17.8 Å². The number of carbonyl (C=O) groups is 1. The van der Waals surface area contributed by atoms with Crippen LogP contribution in [0.2, 0.25) is 5.02 Å². The zero-order chi connectivity index (χ0) is 14.0. The highest BCUT2D eigenvalue weighted by molar-refractivity contribution is 7.99. The molecule has 0 saturated carbocycles. The first-order chi connectivity index (χ1) is 8.88. The minimum absolute atomic E-state index is 0.0259. The molecule has 1 aromatic carbocycles. The summed E-state index contributed by atoms with van der Waals surface area (Å²) in [4.78, 5) is 13.2. The van der Waals surface area contributed by atoms with Crippen LogP contribution in [0.4, 0.5) is 23.7 Å². The Bertz CT molecular complexity index is 489. The maximum Gasteiger partial charge on any atom is 0.418 e. The molecule has 0 radical (unpaired) electrons. The highest BCUT2D eigenvalue weighted by Crippen LogP contribution is 2.36. The Hall–Kier alpha value is -1.08. The lowest BCUT2D eigenvalue weighted by atomic mass is 10.1. The lowest BCUT2D eigenvalue weighted by Crippen LogP contribution is -2.33. The number of halogens is 4. The second-order valence-electron chi connectivity index (χ2n) is 3.92. The second kappa shape index (κ2) is 5.50. The van der Waals surface area contributed by atoms with E-state index in [9.17, 15) is 18.0 Å². The Kier molecular flexibility index (Phi) is 4.15. The van der Waals surface area contributed by atoms with Crippen LogP contribution in [-0.4, -0.2) is 29.1 Å². The molecule has 3 nitrogen and oxygen atoms in total. The van der Waals surface area contributed by atoms with Gasteiger partial charge in [-0.1, -0.05) is 11.6 Å². The van der Waals surface area contributed by atoms with Crippen molar-refractivity contribution in [1.29, 1.82) is 0 Å². The summed E-state index contributed by atoms with van der Waals surface area (Å²) in [6.07, 6.45) is -4.56. The van der Waals surface area contributed by atoms with Crippen molar-refractivity contribution in [2.75, 3.05) is 23.5 Å². The third-order valence-electron chi connectivity index (χ3n) is 2.57. The molecule has 0 spiro atoms. The maximum absolute atomic E-state index is 12.8. The number of rotatable bonds is 1. The summed E-state index contributed by atoms with van der Waals surface area (Å²) >= 11 is 7.12. The number of hydrogen-bond acceptors (Lipinski definition) is 2. The van der Waals surface area contributed by atoms with Gasteiger partial charge in [0.15, 0.2) is 0 Å². The molecule has 0 aliphatic carbocycles. The van der Waals surface area contributed by atoms with Crippen LogP contribution in [0, 0.1) is 0 Å². The SMILES string of the molecule is O=C(Nc1ccc(Cl)cc1C(F)(F)F)N1CCSC1. The van der Waals surface area contributed by atoms with Crippen molar-refractivity contribution in [3.05, 3.63) is 28.8 Å². The van der Waals surface area contributed by atoms with Crippen LogP contribution in [0.15, 0.2) is 18.2 Å². The Morgan fingerprint density at radius 3 is 2.74 bits per heavy atom. The summed E-state index contributed by atoms with van der Waals surface area (Å²) in [6, 6.07) is 2.74. The number of thioether (sulfide) groups is 1. The number of amides is 2. The molecule has 104 valence electrons. The number of hydrogen-bond donors (Lipinski definition) is 1. The Morgan fingerprint density at radius 2 is 2.16 bits per heavy atom. The third-order valence-corrected chi connectivity index (χ3v) is 3.77. The van der Waals surface area contributed by atoms with E-state index >= 15 is 0 Å². The summed E-state index contributed by atoms with van der Waals surface area (Å²) in [5.41, 5.74) is -1.22. The molecule has 1 aliphatic heterocycles. The summed E-state index contributed by atoms with van der Waals surface area (Å²) in [5.74, 6) is 1.28. The number of nitrogens with zero attached hydrogens (tertiary/aromatic N) is 1. The second-order valence-corrected chi connectivity index (χ2v) is 5.43. The Labute approximate surface area is 117 Å². The van der Waals surface area contributed by atoms with E-state index in [4.69, 9.17) is 11.6 Å². The molecule has 2 amide bonds. The molecule has 2 rings (SSSR count). The Balaban J connectivity index is 2.22. The van der Waals surface area contributed by atoms with Gasteiger partial charge in [0, 0.05) is 17.3 Å². The van der Waals surface area contributed by atoms with Gasteiger partial charge >= 0.3 is 12.2 Å². The van der Waals surface area contributed by atoms with Crippen molar-refractivity contribution in [1.82, 2.24) is 4.90 Å². The summed E-state index contributed by atoms with van der Waals surface area (Å²) in [6.45, 7) is 0.533. The van der Waals surface area contributed by atoms with Crippen molar-refractivity contribution in [3.63, 3.8) is 0 Å². The molecule has 0 bridgehead atoms. The summed E-state index contributed by atoms with van der Waals surface area (Å²) in [5, 5.41) is 2.26. The first kappa shape index (κ1) is 14.3. The van der Waals surface area contributed by atoms with Gasteiger partial charge in [0.2, 0.25) is 0 Å². The van der Waals surface area contributed by atoms with Crippen molar-refractivity contribution in [2.45, 2.75) is 6.18 Å². The van der Waals surface area contributed by atoms with Gasteiger partial charge in [0.05, 0.1) is 17.1 Å². The minimum atomic E-state index is -4.56. The molecular formula is C11H10ClF3N2OS. The van der Waals surface area contributed by atoms with E-state index in [0.29, 0.717) is 12.4 Å². The summed E-state index contributed by atoms with van der Waals surface area (Å²) < 4.78 is 38.5. The predicted octanol–water partition coefficient (Wildman–Crippen LogP) is 3.90. The zero-order valence-corrected chi connectivity index (χ0v) is 11.2. The average Bonchev–Trinajstić information content (AvgIpc) is 2.83. The number of alkyl halides is 3. The van der Waals surface area contributed by atoms with Crippen molar-refractivity contribution >= 4 is 35.1 Å². The molecule has 0 atom stereocenters. The van der Waals surface area contributed by atoms with Gasteiger partial charge in [-0.05, 0) is 18.2 Å². The molecule has 0 unspecified atom stereocenters. The number of carbonyl (C=O) groups excluding carboxylic acids is 1. The van der Waals surface area contributed by atoms with Crippen molar-refractivity contribution < 1.29 is 18.0 Å². The zero-order valence-electron chi connectivity index (χ0n) is 9.63. The van der Waals surface area contributed by atoms with Crippen LogP contribution in [0.25, 0.3) is 0 Å². The number of benzene rings is 1. The molecule has 1 saturated heterocycles. The monoisotopic (exact) mass is 310 g/mol. The van der Waals surface area contributed by atoms with Crippen molar-refractivity contribution in [3.8, 4) is 0 Å². The molecule has 1 aromatic rings. The van der Waals surface area contributed by atoms with Crippen LogP contribution >= 0.6 is 23.4 Å². The lowest BCUT2D eigenvalue weighted by Gasteiger charge is -2.18. The quantitative estimate of drug-likeness (QED) is 0.853. The van der Waals surface area contributed by atoms with Crippen molar-refractivity contribution in [2.24, 2.45) is 0 Å². The molecule has 0 aromatic heterocycles. The largest absolute Gasteiger partial charge is 0.418 e. The van der Waals surface area contributed by atoms with Crippen LogP contribution in [0.5, 0.6) is 0 Å². The van der Waals surface area contributed by atoms with Gasteiger partial charge in [-0.2, -0.15) is 13.2 Å². The van der Waals surface area contributed by atoms with Crippen LogP contribution < -0.4 is 5.32 Å². The number of anilines is 1. The highest BCUT2D eigenvalue weighted by Gasteiger charge is 2.34. The normalized spacial score (nSPS) is 15.7. The van der Waals surface area contributed by atoms with Crippen LogP contribution in [-0.2, 0) is 6.18 Å². The molecular weight excluding hydrogens is 301 g/mol. The average molecular weight is 311 g/mol. The minimum Gasteiger partial charge on any atom is -0.314 e. The van der Waals surface area contributed by atoms with Crippen LogP contribution in [0.3, 0.4) is 0 Å². The van der Waals surface area contributed by atoms with E-state index in [1.165, 1.54) is 11.0 Å². The molecule has 1 heterocycles. The fraction of sp³-hybridized carbons (Fsp3) is 0.364. The Morgan fingerprint density at radius 1 is 1.42 bits per heavy atom. The van der Waals surface area contributed by atoms with Gasteiger partial charge in [-0.25, -0.2) is 4.79 Å². The molecule has 1 aliphatic rings. The van der Waals surface area contributed by atoms with Gasteiger partial charge in [-0.15, -0.1) is 11.8 Å². The molecule has 1 N–H and O–H groups in total. The molecule has 1 fully saturated rings. The van der Waals surface area contributed by atoms with Gasteiger partial charge in [-0.3, -0.25) is 0 Å². The van der Waals surface area contributed by atoms with Gasteiger partial charge in [0.25, 0.3) is 0 Å². The van der Waals surface area contributed by atoms with Gasteiger partial charge < -0.3 is 10.2 Å². The van der Waals surface area contributed by atoms with E-state index in [-0.39, 0.29) is 10.7 Å². The van der Waals surface area contributed by atoms with E-state index in [2.05, 4.69) is 5.32 Å². The van der Waals surface area contributed by atoms with E-state index in [0.717, 1.165) is 17.9 Å². The first-order valence-electron chi connectivity index (χ1n) is 5.38. The third kappa shape index (κ3) is 3.48. The highest BCUT2D eigenvalue weighted by atomic mass is 35.5. The van der Waals surface area contributed by atoms with E-state index in [1.54, 1.807) is 11.8 Å². The lowest BCUT2D eigenvalue weighted by molar-refractivity contribution is -0.136. The fourth-order valence-corrected chi connectivity index (χ4v) is 2.75. The summed E-state index contributed by atoms with van der Waals surface area (Å²) in [7, 11) is 0. The topological polar surface area (TPSA) is 32.3 Å². The standard InChI is InChI=1S/C11H10ClF3N2OS/c12-7-1-2-9(8(5-7)11(13,14)15)16-10(18)17-3-4-19-6-17/h1-2,5H,3-4,6H2,(H,16,18). The fourth-order valence-electron chi connectivity index (χ4n) is 1.63. The maximum atomic E-state index is 12.8. The molecule has 19 heavy (non-hydrogen) atoms. The first-order valence-corrected chi connectivity index (χ1v) is 6.91. The van der Waals surface area contributed by atoms with E-state index in [1.807, 2.05) is 0 Å². The van der Waals surface area contributed by atoms with Crippen LogP contribution in [0.1, 0.15) is 5.56 Å². The number of urea groups is 1.